The Morgan fingerprint density at radius 1 is 1.14 bits per heavy atom. The summed E-state index contributed by atoms with van der Waals surface area (Å²) < 4.78 is 1.48. The number of anilines is 1. The summed E-state index contributed by atoms with van der Waals surface area (Å²) in [6.45, 7) is 7.48. The van der Waals surface area contributed by atoms with Crippen LogP contribution in [-0.2, 0) is 11.8 Å². The first-order chi connectivity index (χ1) is 13.6. The van der Waals surface area contributed by atoms with E-state index >= 15 is 0 Å². The van der Waals surface area contributed by atoms with Crippen molar-refractivity contribution in [2.45, 2.75) is 27.7 Å². The van der Waals surface area contributed by atoms with Crippen molar-refractivity contribution in [3.63, 3.8) is 0 Å². The quantitative estimate of drug-likeness (QED) is 0.707. The van der Waals surface area contributed by atoms with Crippen LogP contribution in [0.1, 0.15) is 32.7 Å². The Morgan fingerprint density at radius 3 is 2.38 bits per heavy atom. The molecule has 0 aliphatic rings. The summed E-state index contributed by atoms with van der Waals surface area (Å²) in [5.41, 5.74) is 4.66. The van der Waals surface area contributed by atoms with Crippen LogP contribution >= 0.6 is 0 Å². The molecule has 3 rings (SSSR count). The third-order valence-corrected chi connectivity index (χ3v) is 4.84. The molecule has 0 aliphatic heterocycles. The van der Waals surface area contributed by atoms with Gasteiger partial charge in [-0.2, -0.15) is 0 Å². The number of likely N-dealkylation sites (N-methyl/N-ethyl adjacent to an activating group) is 1. The molecule has 0 saturated carbocycles. The monoisotopic (exact) mass is 395 g/mol. The fraction of sp³-hybridized carbons (Fsp3) is 0.333. The molecule has 0 aliphatic carbocycles. The van der Waals surface area contributed by atoms with Gasteiger partial charge in [0.1, 0.15) is 0 Å². The Kier molecular flexibility index (Phi) is 5.28. The zero-order valence-electron chi connectivity index (χ0n) is 17.5. The van der Waals surface area contributed by atoms with E-state index in [2.05, 4.69) is 15.4 Å². The zero-order chi connectivity index (χ0) is 21.5. The fourth-order valence-electron chi connectivity index (χ4n) is 3.60. The molecule has 0 spiro atoms. The number of nitrogens with zero attached hydrogens (tertiary/aromatic N) is 3. The number of hydrogen-bond acceptors (Lipinski definition) is 4. The molecule has 152 valence electrons. The van der Waals surface area contributed by atoms with Crippen molar-refractivity contribution in [1.82, 2.24) is 19.7 Å². The lowest BCUT2D eigenvalue weighted by molar-refractivity contribution is -0.116. The number of aryl methyl sites for hydroxylation is 5. The van der Waals surface area contributed by atoms with E-state index in [9.17, 15) is 14.4 Å². The first-order valence-corrected chi connectivity index (χ1v) is 9.28. The number of carbonyl (C=O) groups excluding carboxylic acids is 2. The summed E-state index contributed by atoms with van der Waals surface area (Å²) >= 11 is 0. The third-order valence-electron chi connectivity index (χ3n) is 4.84. The lowest BCUT2D eigenvalue weighted by Gasteiger charge is -2.19. The number of aromatic nitrogens is 3. The van der Waals surface area contributed by atoms with Gasteiger partial charge in [-0.1, -0.05) is 17.7 Å². The maximum Gasteiger partial charge on any atom is 0.274 e. The van der Waals surface area contributed by atoms with Gasteiger partial charge in [-0.3, -0.25) is 24.2 Å². The average molecular weight is 395 g/mol. The number of H-pyrrole nitrogens is 1. The number of hydrogen-bond donors (Lipinski definition) is 2. The number of pyridine rings is 1. The fourth-order valence-corrected chi connectivity index (χ4v) is 3.60. The zero-order valence-corrected chi connectivity index (χ0v) is 17.5. The minimum Gasteiger partial charge on any atom is -0.332 e. The Labute approximate surface area is 168 Å². The Bertz CT molecular complexity index is 1170. The first kappa shape index (κ1) is 20.3. The van der Waals surface area contributed by atoms with Gasteiger partial charge in [-0.15, -0.1) is 0 Å². The smallest absolute Gasteiger partial charge is 0.274 e. The van der Waals surface area contributed by atoms with Crippen LogP contribution in [0, 0.1) is 27.7 Å². The van der Waals surface area contributed by atoms with E-state index in [-0.39, 0.29) is 29.0 Å². The minimum absolute atomic E-state index is 0.140. The van der Waals surface area contributed by atoms with Gasteiger partial charge in [0, 0.05) is 25.5 Å². The molecule has 0 fully saturated rings. The van der Waals surface area contributed by atoms with E-state index in [1.807, 2.05) is 32.9 Å². The summed E-state index contributed by atoms with van der Waals surface area (Å²) in [7, 11) is 3.20. The van der Waals surface area contributed by atoms with Gasteiger partial charge < -0.3 is 10.2 Å². The van der Waals surface area contributed by atoms with Crippen molar-refractivity contribution in [2.24, 2.45) is 7.05 Å². The van der Waals surface area contributed by atoms with Crippen molar-refractivity contribution in [2.75, 3.05) is 18.9 Å². The lowest BCUT2D eigenvalue weighted by Crippen LogP contribution is -2.35. The summed E-state index contributed by atoms with van der Waals surface area (Å²) in [5.74, 6) is -0.718. The summed E-state index contributed by atoms with van der Waals surface area (Å²) in [6, 6.07) is 5.56. The topological polar surface area (TPSA) is 100 Å². The molecular weight excluding hydrogens is 370 g/mol. The molecule has 2 aromatic heterocycles. The molecule has 0 saturated heterocycles. The Morgan fingerprint density at radius 2 is 1.76 bits per heavy atom. The highest BCUT2D eigenvalue weighted by atomic mass is 16.2. The van der Waals surface area contributed by atoms with E-state index in [1.165, 1.54) is 16.6 Å². The standard InChI is InChI=1S/C21H25N5O3/c1-11-7-12(2)18(13(3)8-11)23-16(27)10-25(5)21(29)15-9-14(4)22-19-17(15)20(28)24-26(19)6/h7-9H,10H2,1-6H3,(H,23,27)(H,24,28). The summed E-state index contributed by atoms with van der Waals surface area (Å²) in [5, 5.41) is 5.73. The van der Waals surface area contributed by atoms with Crippen LogP contribution in [0.2, 0.25) is 0 Å². The molecule has 1 aromatic carbocycles. The highest BCUT2D eigenvalue weighted by molar-refractivity contribution is 6.07. The average Bonchev–Trinajstić information content (AvgIpc) is 2.90. The van der Waals surface area contributed by atoms with Crippen LogP contribution in [0.3, 0.4) is 0 Å². The van der Waals surface area contributed by atoms with Gasteiger partial charge in [0.2, 0.25) is 5.91 Å². The molecule has 2 heterocycles. The number of amides is 2. The summed E-state index contributed by atoms with van der Waals surface area (Å²) in [4.78, 5) is 43.4. The molecule has 0 radical (unpaired) electrons. The van der Waals surface area contributed by atoms with Crippen molar-refractivity contribution in [1.29, 1.82) is 0 Å². The molecule has 0 unspecified atom stereocenters. The number of aromatic amines is 1. The highest BCUT2D eigenvalue weighted by Crippen LogP contribution is 2.22. The number of carbonyl (C=O) groups is 2. The molecular formula is C21H25N5O3. The van der Waals surface area contributed by atoms with E-state index in [4.69, 9.17) is 0 Å². The summed E-state index contributed by atoms with van der Waals surface area (Å²) in [6.07, 6.45) is 0. The van der Waals surface area contributed by atoms with Gasteiger partial charge in [0.25, 0.3) is 11.5 Å². The molecule has 0 atom stereocenters. The molecule has 2 amide bonds. The molecule has 2 N–H and O–H groups in total. The molecule has 0 bridgehead atoms. The normalized spacial score (nSPS) is 11.0. The second-order valence-corrected chi connectivity index (χ2v) is 7.49. The van der Waals surface area contributed by atoms with Gasteiger partial charge in [-0.05, 0) is 44.9 Å². The number of rotatable bonds is 4. The maximum atomic E-state index is 13.0. The third kappa shape index (κ3) is 3.91. The van der Waals surface area contributed by atoms with Crippen LogP contribution in [0.4, 0.5) is 5.69 Å². The lowest BCUT2D eigenvalue weighted by atomic mass is 10.1. The highest BCUT2D eigenvalue weighted by Gasteiger charge is 2.22. The van der Waals surface area contributed by atoms with E-state index in [0.29, 0.717) is 11.3 Å². The van der Waals surface area contributed by atoms with Crippen LogP contribution in [0.25, 0.3) is 11.0 Å². The number of fused-ring (bicyclic) bond motifs is 1. The second kappa shape index (κ2) is 7.54. The predicted molar refractivity (Wildman–Crippen MR) is 112 cm³/mol. The Balaban J connectivity index is 1.84. The van der Waals surface area contributed by atoms with E-state index in [1.54, 1.807) is 20.0 Å². The molecule has 3 aromatic rings. The van der Waals surface area contributed by atoms with E-state index in [0.717, 1.165) is 22.4 Å². The van der Waals surface area contributed by atoms with Crippen molar-refractivity contribution in [3.05, 3.63) is 56.5 Å². The molecule has 8 nitrogen and oxygen atoms in total. The van der Waals surface area contributed by atoms with Gasteiger partial charge >= 0.3 is 0 Å². The molecule has 29 heavy (non-hydrogen) atoms. The first-order valence-electron chi connectivity index (χ1n) is 9.28. The van der Waals surface area contributed by atoms with Gasteiger partial charge in [-0.25, -0.2) is 4.98 Å². The van der Waals surface area contributed by atoms with Crippen LogP contribution < -0.4 is 10.9 Å². The van der Waals surface area contributed by atoms with Crippen LogP contribution in [0.5, 0.6) is 0 Å². The van der Waals surface area contributed by atoms with Crippen molar-refractivity contribution in [3.8, 4) is 0 Å². The maximum absolute atomic E-state index is 13.0. The van der Waals surface area contributed by atoms with E-state index < -0.39 is 5.91 Å². The number of benzene rings is 1. The van der Waals surface area contributed by atoms with Gasteiger partial charge in [0.05, 0.1) is 17.5 Å². The predicted octanol–water partition coefficient (Wildman–Crippen LogP) is 2.21. The largest absolute Gasteiger partial charge is 0.332 e. The number of nitrogens with one attached hydrogen (secondary N) is 2. The van der Waals surface area contributed by atoms with Crippen molar-refractivity contribution >= 4 is 28.5 Å². The van der Waals surface area contributed by atoms with Crippen molar-refractivity contribution < 1.29 is 9.59 Å². The van der Waals surface area contributed by atoms with Gasteiger partial charge in [0.15, 0.2) is 5.65 Å². The van der Waals surface area contributed by atoms with Crippen LogP contribution in [0.15, 0.2) is 23.0 Å². The Hall–Kier alpha value is -3.42. The molecule has 8 heteroatoms. The van der Waals surface area contributed by atoms with Crippen LogP contribution in [-0.4, -0.2) is 45.1 Å². The SMILES string of the molecule is Cc1cc(C)c(NC(=O)CN(C)C(=O)c2cc(C)nc3c2c(=O)[nH]n3C)c(C)c1. The minimum atomic E-state index is -0.412. The second-order valence-electron chi connectivity index (χ2n) is 7.49.